The van der Waals surface area contributed by atoms with Gasteiger partial charge in [-0.25, -0.2) is 14.4 Å². The number of hydrogen-bond donors (Lipinski definition) is 3. The number of carbonyl (C=O) groups excluding carboxylic acids is 5. The summed E-state index contributed by atoms with van der Waals surface area (Å²) in [7, 11) is 0.972. The standard InChI is InChI=1S/C22H31N3O9/c1-13(19(29)33-12-14-9-7-6-8-10-14)25(18(28)16(23)17(27)20(30)32-5)15(26)11-24-21(31)34-22(2,3)4/h6-10,13,16-17,27H,11-12,23H2,1-5H3,(H,24,31)/t13-,16-,17-/m0/s1. The lowest BCUT2D eigenvalue weighted by molar-refractivity contribution is -0.164. The van der Waals surface area contributed by atoms with Gasteiger partial charge in [0.05, 0.1) is 7.11 Å². The molecule has 12 heteroatoms. The molecule has 188 valence electrons. The van der Waals surface area contributed by atoms with E-state index < -0.39 is 60.2 Å². The summed E-state index contributed by atoms with van der Waals surface area (Å²) >= 11 is 0. The molecule has 3 amide bonds. The van der Waals surface area contributed by atoms with Gasteiger partial charge < -0.3 is 30.4 Å². The third-order valence-electron chi connectivity index (χ3n) is 4.31. The maximum absolute atomic E-state index is 12.9. The number of methoxy groups -OCH3 is 1. The molecule has 3 atom stereocenters. The number of nitrogens with two attached hydrogens (primary N) is 1. The molecule has 0 heterocycles. The van der Waals surface area contributed by atoms with Crippen molar-refractivity contribution in [2.45, 2.75) is 58.1 Å². The molecule has 12 nitrogen and oxygen atoms in total. The molecule has 34 heavy (non-hydrogen) atoms. The van der Waals surface area contributed by atoms with Crippen LogP contribution in [0, 0.1) is 0 Å². The number of imide groups is 1. The first-order valence-corrected chi connectivity index (χ1v) is 10.3. The summed E-state index contributed by atoms with van der Waals surface area (Å²) in [6.45, 7) is 5.17. The predicted octanol–water partition coefficient (Wildman–Crippen LogP) is -0.141. The van der Waals surface area contributed by atoms with Crippen molar-refractivity contribution in [2.75, 3.05) is 13.7 Å². The Morgan fingerprint density at radius 3 is 2.21 bits per heavy atom. The van der Waals surface area contributed by atoms with Gasteiger partial charge >= 0.3 is 18.0 Å². The second-order valence-electron chi connectivity index (χ2n) is 8.22. The molecule has 4 N–H and O–H groups in total. The zero-order valence-electron chi connectivity index (χ0n) is 19.8. The zero-order chi connectivity index (χ0) is 26.1. The average molecular weight is 482 g/mol. The van der Waals surface area contributed by atoms with E-state index in [0.29, 0.717) is 10.5 Å². The van der Waals surface area contributed by atoms with Crippen LogP contribution in [0.5, 0.6) is 0 Å². The quantitative estimate of drug-likeness (QED) is 0.318. The minimum absolute atomic E-state index is 0.132. The number of aliphatic hydroxyl groups excluding tert-OH is 1. The third-order valence-corrected chi connectivity index (χ3v) is 4.31. The topological polar surface area (TPSA) is 175 Å². The molecular formula is C22H31N3O9. The van der Waals surface area contributed by atoms with E-state index in [4.69, 9.17) is 15.2 Å². The summed E-state index contributed by atoms with van der Waals surface area (Å²) in [5.41, 5.74) is 5.48. The molecule has 0 saturated carbocycles. The number of esters is 2. The maximum atomic E-state index is 12.9. The Kier molecular flexibility index (Phi) is 10.6. The Morgan fingerprint density at radius 1 is 1.09 bits per heavy atom. The maximum Gasteiger partial charge on any atom is 0.408 e. The van der Waals surface area contributed by atoms with Crippen LogP contribution >= 0.6 is 0 Å². The summed E-state index contributed by atoms with van der Waals surface area (Å²) in [6, 6.07) is 5.24. The van der Waals surface area contributed by atoms with Crippen LogP contribution in [-0.4, -0.2) is 77.3 Å². The van der Waals surface area contributed by atoms with Crippen LogP contribution in [0.2, 0.25) is 0 Å². The molecule has 0 aliphatic heterocycles. The van der Waals surface area contributed by atoms with Gasteiger partial charge in [0.2, 0.25) is 11.8 Å². The smallest absolute Gasteiger partial charge is 0.408 e. The molecule has 1 aromatic carbocycles. The van der Waals surface area contributed by atoms with Crippen molar-refractivity contribution < 1.29 is 43.3 Å². The van der Waals surface area contributed by atoms with E-state index in [1.807, 2.05) is 0 Å². The Labute approximate surface area is 197 Å². The Hall–Kier alpha value is -3.51. The second kappa shape index (κ2) is 12.7. The summed E-state index contributed by atoms with van der Waals surface area (Å²) < 4.78 is 14.6. The number of ether oxygens (including phenoxy) is 3. The van der Waals surface area contributed by atoms with E-state index >= 15 is 0 Å². The third kappa shape index (κ3) is 8.79. The molecule has 0 bridgehead atoms. The highest BCUT2D eigenvalue weighted by Gasteiger charge is 2.40. The molecule has 0 saturated heterocycles. The number of alkyl carbamates (subject to hydrolysis) is 1. The van der Waals surface area contributed by atoms with Gasteiger partial charge in [-0.1, -0.05) is 30.3 Å². The number of amides is 3. The van der Waals surface area contributed by atoms with Crippen molar-refractivity contribution in [2.24, 2.45) is 5.73 Å². The Balaban J connectivity index is 3.03. The normalized spacial score (nSPS) is 13.6. The first-order chi connectivity index (χ1) is 15.8. The van der Waals surface area contributed by atoms with Crippen LogP contribution in [0.15, 0.2) is 30.3 Å². The number of nitrogens with one attached hydrogen (secondary N) is 1. The van der Waals surface area contributed by atoms with Gasteiger partial charge in [0.1, 0.15) is 30.8 Å². The van der Waals surface area contributed by atoms with Crippen molar-refractivity contribution in [1.29, 1.82) is 0 Å². The van der Waals surface area contributed by atoms with E-state index in [1.165, 1.54) is 6.92 Å². The predicted molar refractivity (Wildman–Crippen MR) is 118 cm³/mol. The van der Waals surface area contributed by atoms with E-state index in [1.54, 1.807) is 51.1 Å². The SMILES string of the molecule is COC(=O)[C@@H](O)[C@H](N)C(=O)N(C(=O)CNC(=O)OC(C)(C)C)[C@@H](C)C(=O)OCc1ccccc1. The molecule has 0 aliphatic rings. The fourth-order valence-electron chi connectivity index (χ4n) is 2.59. The van der Waals surface area contributed by atoms with Gasteiger partial charge in [-0.3, -0.25) is 14.5 Å². The highest BCUT2D eigenvalue weighted by molar-refractivity contribution is 6.04. The van der Waals surface area contributed by atoms with Crippen molar-refractivity contribution in [3.05, 3.63) is 35.9 Å². The summed E-state index contributed by atoms with van der Waals surface area (Å²) in [4.78, 5) is 62.2. The van der Waals surface area contributed by atoms with Crippen molar-refractivity contribution in [3.63, 3.8) is 0 Å². The fraction of sp³-hybridized carbons (Fsp3) is 0.500. The van der Waals surface area contributed by atoms with Crippen LogP contribution in [0.1, 0.15) is 33.3 Å². The zero-order valence-corrected chi connectivity index (χ0v) is 19.8. The molecule has 0 radical (unpaired) electrons. The van der Waals surface area contributed by atoms with E-state index in [-0.39, 0.29) is 6.61 Å². The van der Waals surface area contributed by atoms with Gasteiger partial charge in [-0.15, -0.1) is 0 Å². The second-order valence-corrected chi connectivity index (χ2v) is 8.22. The van der Waals surface area contributed by atoms with Gasteiger partial charge in [0.15, 0.2) is 6.10 Å². The van der Waals surface area contributed by atoms with Crippen molar-refractivity contribution in [1.82, 2.24) is 10.2 Å². The van der Waals surface area contributed by atoms with E-state index in [0.717, 1.165) is 7.11 Å². The first-order valence-electron chi connectivity index (χ1n) is 10.3. The van der Waals surface area contributed by atoms with Gasteiger partial charge in [-0.2, -0.15) is 0 Å². The van der Waals surface area contributed by atoms with Crippen LogP contribution < -0.4 is 11.1 Å². The number of benzene rings is 1. The number of carbonyl (C=O) groups is 5. The first kappa shape index (κ1) is 28.5. The molecule has 0 unspecified atom stereocenters. The molecule has 0 spiro atoms. The van der Waals surface area contributed by atoms with Gasteiger partial charge in [0.25, 0.3) is 0 Å². The van der Waals surface area contributed by atoms with Crippen LogP contribution in [0.4, 0.5) is 4.79 Å². The lowest BCUT2D eigenvalue weighted by Crippen LogP contribution is -2.59. The molecule has 0 aliphatic carbocycles. The number of aliphatic hydroxyl groups is 1. The minimum atomic E-state index is -2.10. The summed E-state index contributed by atoms with van der Waals surface area (Å²) in [5.74, 6) is -4.47. The average Bonchev–Trinajstić information content (AvgIpc) is 2.79. The van der Waals surface area contributed by atoms with Crippen LogP contribution in [0.25, 0.3) is 0 Å². The fourth-order valence-corrected chi connectivity index (χ4v) is 2.59. The van der Waals surface area contributed by atoms with E-state index in [9.17, 15) is 29.1 Å². The minimum Gasteiger partial charge on any atom is -0.467 e. The Morgan fingerprint density at radius 2 is 1.68 bits per heavy atom. The number of rotatable bonds is 9. The lowest BCUT2D eigenvalue weighted by atomic mass is 10.1. The summed E-state index contributed by atoms with van der Waals surface area (Å²) in [5, 5.41) is 12.1. The highest BCUT2D eigenvalue weighted by atomic mass is 16.6. The molecule has 1 aromatic rings. The molecule has 1 rings (SSSR count). The van der Waals surface area contributed by atoms with Crippen LogP contribution in [-0.2, 0) is 40.0 Å². The van der Waals surface area contributed by atoms with Gasteiger partial charge in [-0.05, 0) is 33.3 Å². The monoisotopic (exact) mass is 481 g/mol. The molecular weight excluding hydrogens is 450 g/mol. The lowest BCUT2D eigenvalue weighted by Gasteiger charge is -2.29. The van der Waals surface area contributed by atoms with E-state index in [2.05, 4.69) is 10.1 Å². The number of hydrogen-bond acceptors (Lipinski definition) is 10. The van der Waals surface area contributed by atoms with Gasteiger partial charge in [0, 0.05) is 0 Å². The van der Waals surface area contributed by atoms with Crippen molar-refractivity contribution in [3.8, 4) is 0 Å². The molecule has 0 aromatic heterocycles. The van der Waals surface area contributed by atoms with Crippen LogP contribution in [0.3, 0.4) is 0 Å². The largest absolute Gasteiger partial charge is 0.467 e. The number of nitrogens with zero attached hydrogens (tertiary/aromatic N) is 1. The molecule has 0 fully saturated rings. The Bertz CT molecular complexity index is 883. The highest BCUT2D eigenvalue weighted by Crippen LogP contribution is 2.11. The van der Waals surface area contributed by atoms with Crippen molar-refractivity contribution >= 4 is 29.8 Å². The summed E-state index contributed by atoms with van der Waals surface area (Å²) in [6.07, 6.45) is -3.04.